The van der Waals surface area contributed by atoms with Crippen molar-refractivity contribution in [1.82, 2.24) is 0 Å². The molecule has 0 saturated carbocycles. The number of ether oxygens (including phenoxy) is 1. The SMILES string of the molecule is Cc1ccc(CCN)cc1Oc1cccc(Br)c1. The van der Waals surface area contributed by atoms with Crippen LogP contribution in [0.2, 0.25) is 0 Å². The fourth-order valence-electron chi connectivity index (χ4n) is 1.73. The molecule has 0 atom stereocenters. The van der Waals surface area contributed by atoms with Crippen LogP contribution in [-0.2, 0) is 6.42 Å². The van der Waals surface area contributed by atoms with E-state index in [0.29, 0.717) is 6.54 Å². The molecule has 0 aliphatic rings. The van der Waals surface area contributed by atoms with Crippen molar-refractivity contribution < 1.29 is 4.74 Å². The Bertz CT molecular complexity index is 540. The third-order valence-electron chi connectivity index (χ3n) is 2.71. The number of hydrogen-bond acceptors (Lipinski definition) is 2. The summed E-state index contributed by atoms with van der Waals surface area (Å²) in [5, 5.41) is 0. The van der Waals surface area contributed by atoms with E-state index in [1.807, 2.05) is 31.2 Å². The molecule has 94 valence electrons. The van der Waals surface area contributed by atoms with Crippen LogP contribution >= 0.6 is 15.9 Å². The fourth-order valence-corrected chi connectivity index (χ4v) is 2.11. The molecule has 0 unspecified atom stereocenters. The average Bonchev–Trinajstić information content (AvgIpc) is 2.34. The third-order valence-corrected chi connectivity index (χ3v) is 3.20. The lowest BCUT2D eigenvalue weighted by Crippen LogP contribution is -2.02. The first-order chi connectivity index (χ1) is 8.69. The van der Waals surface area contributed by atoms with Gasteiger partial charge in [0.05, 0.1) is 0 Å². The molecule has 2 aromatic rings. The molecule has 0 fully saturated rings. The van der Waals surface area contributed by atoms with Gasteiger partial charge in [0, 0.05) is 4.47 Å². The molecule has 2 aromatic carbocycles. The van der Waals surface area contributed by atoms with Crippen molar-refractivity contribution in [2.24, 2.45) is 5.73 Å². The van der Waals surface area contributed by atoms with Crippen molar-refractivity contribution in [3.05, 3.63) is 58.1 Å². The van der Waals surface area contributed by atoms with Gasteiger partial charge >= 0.3 is 0 Å². The molecule has 0 aromatic heterocycles. The zero-order chi connectivity index (χ0) is 13.0. The molecular formula is C15H16BrNO. The highest BCUT2D eigenvalue weighted by atomic mass is 79.9. The average molecular weight is 306 g/mol. The summed E-state index contributed by atoms with van der Waals surface area (Å²) >= 11 is 3.44. The minimum atomic E-state index is 0.652. The van der Waals surface area contributed by atoms with Gasteiger partial charge in [-0.2, -0.15) is 0 Å². The van der Waals surface area contributed by atoms with Gasteiger partial charge in [-0.25, -0.2) is 0 Å². The van der Waals surface area contributed by atoms with Crippen LogP contribution in [0.3, 0.4) is 0 Å². The van der Waals surface area contributed by atoms with Gasteiger partial charge < -0.3 is 10.5 Å². The van der Waals surface area contributed by atoms with Crippen LogP contribution in [-0.4, -0.2) is 6.54 Å². The minimum absolute atomic E-state index is 0.652. The van der Waals surface area contributed by atoms with E-state index in [1.54, 1.807) is 0 Å². The molecule has 0 radical (unpaired) electrons. The minimum Gasteiger partial charge on any atom is -0.457 e. The Morgan fingerprint density at radius 2 is 2.00 bits per heavy atom. The number of rotatable bonds is 4. The van der Waals surface area contributed by atoms with Crippen LogP contribution in [0, 0.1) is 6.92 Å². The summed E-state index contributed by atoms with van der Waals surface area (Å²) in [6, 6.07) is 14.1. The molecule has 18 heavy (non-hydrogen) atoms. The molecule has 0 amide bonds. The van der Waals surface area contributed by atoms with E-state index >= 15 is 0 Å². The number of hydrogen-bond donors (Lipinski definition) is 1. The van der Waals surface area contributed by atoms with Crippen molar-refractivity contribution in [1.29, 1.82) is 0 Å². The maximum Gasteiger partial charge on any atom is 0.130 e. The first kappa shape index (κ1) is 13.1. The summed E-state index contributed by atoms with van der Waals surface area (Å²) in [5.74, 6) is 1.72. The first-order valence-electron chi connectivity index (χ1n) is 5.92. The second-order valence-electron chi connectivity index (χ2n) is 4.20. The van der Waals surface area contributed by atoms with E-state index < -0.39 is 0 Å². The summed E-state index contributed by atoms with van der Waals surface area (Å²) in [5.41, 5.74) is 7.90. The lowest BCUT2D eigenvalue weighted by molar-refractivity contribution is 0.478. The van der Waals surface area contributed by atoms with Crippen LogP contribution in [0.1, 0.15) is 11.1 Å². The largest absolute Gasteiger partial charge is 0.457 e. The molecule has 2 nitrogen and oxygen atoms in total. The van der Waals surface area contributed by atoms with Crippen molar-refractivity contribution in [2.75, 3.05) is 6.54 Å². The van der Waals surface area contributed by atoms with E-state index in [4.69, 9.17) is 10.5 Å². The Kier molecular flexibility index (Phi) is 4.39. The van der Waals surface area contributed by atoms with Crippen LogP contribution in [0.15, 0.2) is 46.9 Å². The van der Waals surface area contributed by atoms with Crippen molar-refractivity contribution >= 4 is 15.9 Å². The van der Waals surface area contributed by atoms with Gasteiger partial charge in [-0.1, -0.05) is 34.1 Å². The summed E-state index contributed by atoms with van der Waals surface area (Å²) in [4.78, 5) is 0. The zero-order valence-electron chi connectivity index (χ0n) is 10.3. The summed E-state index contributed by atoms with van der Waals surface area (Å²) in [6.07, 6.45) is 0.870. The summed E-state index contributed by atoms with van der Waals surface area (Å²) in [6.45, 7) is 2.69. The zero-order valence-corrected chi connectivity index (χ0v) is 11.9. The molecule has 0 saturated heterocycles. The van der Waals surface area contributed by atoms with E-state index in [9.17, 15) is 0 Å². The molecule has 0 aliphatic heterocycles. The Morgan fingerprint density at radius 1 is 1.17 bits per heavy atom. The van der Waals surface area contributed by atoms with Gasteiger partial charge in [-0.05, 0) is 55.3 Å². The summed E-state index contributed by atoms with van der Waals surface area (Å²) < 4.78 is 6.92. The monoisotopic (exact) mass is 305 g/mol. The van der Waals surface area contributed by atoms with E-state index in [0.717, 1.165) is 28.0 Å². The Morgan fingerprint density at radius 3 is 2.72 bits per heavy atom. The summed E-state index contributed by atoms with van der Waals surface area (Å²) in [7, 11) is 0. The standard InChI is InChI=1S/C15H16BrNO/c1-11-5-6-12(7-8-17)9-15(11)18-14-4-2-3-13(16)10-14/h2-6,9-10H,7-8,17H2,1H3. The second kappa shape index (κ2) is 6.03. The fraction of sp³-hybridized carbons (Fsp3) is 0.200. The van der Waals surface area contributed by atoms with Gasteiger partial charge in [0.1, 0.15) is 11.5 Å². The highest BCUT2D eigenvalue weighted by Crippen LogP contribution is 2.27. The normalized spacial score (nSPS) is 10.4. The smallest absolute Gasteiger partial charge is 0.130 e. The lowest BCUT2D eigenvalue weighted by Gasteiger charge is -2.10. The highest BCUT2D eigenvalue weighted by molar-refractivity contribution is 9.10. The molecule has 2 N–H and O–H groups in total. The van der Waals surface area contributed by atoms with E-state index in [2.05, 4.69) is 34.1 Å². The lowest BCUT2D eigenvalue weighted by atomic mass is 10.1. The van der Waals surface area contributed by atoms with E-state index in [-0.39, 0.29) is 0 Å². The van der Waals surface area contributed by atoms with Crippen LogP contribution in [0.5, 0.6) is 11.5 Å². The van der Waals surface area contributed by atoms with Crippen molar-refractivity contribution in [3.8, 4) is 11.5 Å². The predicted octanol–water partition coefficient (Wildman–Crippen LogP) is 4.05. The maximum absolute atomic E-state index is 5.91. The Labute approximate surface area is 116 Å². The van der Waals surface area contributed by atoms with Gasteiger partial charge in [0.2, 0.25) is 0 Å². The van der Waals surface area contributed by atoms with Crippen molar-refractivity contribution in [2.45, 2.75) is 13.3 Å². The molecular weight excluding hydrogens is 290 g/mol. The van der Waals surface area contributed by atoms with Crippen LogP contribution in [0.4, 0.5) is 0 Å². The topological polar surface area (TPSA) is 35.2 Å². The molecule has 3 heteroatoms. The molecule has 0 heterocycles. The molecule has 2 rings (SSSR count). The van der Waals surface area contributed by atoms with Crippen molar-refractivity contribution in [3.63, 3.8) is 0 Å². The van der Waals surface area contributed by atoms with Crippen LogP contribution < -0.4 is 10.5 Å². The molecule has 0 aliphatic carbocycles. The Balaban J connectivity index is 2.25. The predicted molar refractivity (Wildman–Crippen MR) is 78.2 cm³/mol. The Hall–Kier alpha value is -1.32. The number of benzene rings is 2. The molecule has 0 bridgehead atoms. The maximum atomic E-state index is 5.91. The van der Waals surface area contributed by atoms with Gasteiger partial charge in [-0.3, -0.25) is 0 Å². The van der Waals surface area contributed by atoms with Gasteiger partial charge in [0.15, 0.2) is 0 Å². The number of aryl methyl sites for hydroxylation is 1. The van der Waals surface area contributed by atoms with E-state index in [1.165, 1.54) is 5.56 Å². The highest BCUT2D eigenvalue weighted by Gasteiger charge is 2.03. The van der Waals surface area contributed by atoms with Gasteiger partial charge in [-0.15, -0.1) is 0 Å². The third kappa shape index (κ3) is 3.34. The number of halogens is 1. The second-order valence-corrected chi connectivity index (χ2v) is 5.11. The first-order valence-corrected chi connectivity index (χ1v) is 6.71. The van der Waals surface area contributed by atoms with Gasteiger partial charge in [0.25, 0.3) is 0 Å². The quantitative estimate of drug-likeness (QED) is 0.925. The van der Waals surface area contributed by atoms with Crippen LogP contribution in [0.25, 0.3) is 0 Å². The molecule has 0 spiro atoms. The number of nitrogens with two attached hydrogens (primary N) is 1.